The van der Waals surface area contributed by atoms with Crippen molar-refractivity contribution in [2.45, 2.75) is 213 Å². The van der Waals surface area contributed by atoms with Gasteiger partial charge in [0.25, 0.3) is 0 Å². The van der Waals surface area contributed by atoms with Gasteiger partial charge in [0.15, 0.2) is 18.3 Å². The number of esters is 12. The van der Waals surface area contributed by atoms with Crippen LogP contribution in [0.3, 0.4) is 0 Å². The summed E-state index contributed by atoms with van der Waals surface area (Å²) >= 11 is 6.67. The second-order valence-electron chi connectivity index (χ2n) is 26.4. The summed E-state index contributed by atoms with van der Waals surface area (Å²) in [4.78, 5) is 157. The molecule has 4 heterocycles. The fraction of sp³-hybridized carbons (Fsp3) is 0.519. The van der Waals surface area contributed by atoms with Crippen LogP contribution in [0, 0.1) is 23.7 Å². The summed E-state index contributed by atoms with van der Waals surface area (Å²) < 4.78 is 104. The number of hydrogen-bond acceptors (Lipinski definition) is 35. The van der Waals surface area contributed by atoms with E-state index >= 15 is 0 Å². The van der Waals surface area contributed by atoms with Crippen LogP contribution in [0.5, 0.6) is 28.7 Å². The molecule has 4 fully saturated rings. The maximum absolute atomic E-state index is 11.6. The molecule has 20 atom stereocenters. The van der Waals surface area contributed by atoms with Crippen molar-refractivity contribution in [2.24, 2.45) is 23.7 Å². The fourth-order valence-electron chi connectivity index (χ4n) is 11.7. The first-order valence-electron chi connectivity index (χ1n) is 36.0. The summed E-state index contributed by atoms with van der Waals surface area (Å²) in [5.41, 5.74) is 2.11. The van der Waals surface area contributed by atoms with E-state index in [1.807, 2.05) is 12.1 Å². The molecule has 4 saturated heterocycles. The van der Waals surface area contributed by atoms with E-state index < -0.39 is 187 Å². The minimum atomic E-state index is -1.05. The molecule has 0 radical (unpaired) electrons. The molecule has 35 nitrogen and oxygen atoms in total. The molecular weight excluding hydrogens is 1670 g/mol. The van der Waals surface area contributed by atoms with Gasteiger partial charge in [0.2, 0.25) is 18.9 Å². The van der Waals surface area contributed by atoms with Crippen molar-refractivity contribution < 1.29 is 167 Å². The first-order chi connectivity index (χ1) is 54.6. The fourth-order valence-corrected chi connectivity index (χ4v) is 12.9. The molecule has 4 aromatic rings. The zero-order chi connectivity index (χ0) is 86.8. The SMILES string of the molecule is CC(=O)OCC1O[C@@H](Br)C(OC(C)=O)[C@@H](C)[C@H]1OC(C)=O.CC(=O)OCC1O[C@@H](Oc2ccc(C=O)cc2)C(OC(C)=O)[C@@H](C)[C@H]1OC(C)=O.CC(=O)OCC1O[C@@H](Oc2ccc(CBr)cc2)C(OC(C)=O)[C@@H](C)[C@H]1OC(C)=O.CC(=O)OCC1O[C@@H](Oc2ccc(O)cc2)C(OC(C)=O)[C@@H](C)[C@H]1OC(C)=O.O=Cc1ccc(O)cc1. The lowest BCUT2D eigenvalue weighted by Crippen LogP contribution is -2.58. The first kappa shape index (κ1) is 98.0. The van der Waals surface area contributed by atoms with E-state index in [0.29, 0.717) is 40.0 Å². The highest BCUT2D eigenvalue weighted by Crippen LogP contribution is 2.38. The van der Waals surface area contributed by atoms with E-state index in [1.165, 1.54) is 119 Å². The zero-order valence-corrected chi connectivity index (χ0v) is 69.8. The van der Waals surface area contributed by atoms with E-state index in [2.05, 4.69) is 31.9 Å². The van der Waals surface area contributed by atoms with Crippen molar-refractivity contribution >= 4 is 116 Å². The molecule has 116 heavy (non-hydrogen) atoms. The highest BCUT2D eigenvalue weighted by Gasteiger charge is 2.53. The topological polar surface area (TPSA) is 455 Å². The normalized spacial score (nSPS) is 26.1. The number of hydrogen-bond donors (Lipinski definition) is 2. The number of carbonyl (C=O) groups excluding carboxylic acids is 14. The summed E-state index contributed by atoms with van der Waals surface area (Å²) in [7, 11) is 0. The smallest absolute Gasteiger partial charge is 0.303 e. The summed E-state index contributed by atoms with van der Waals surface area (Å²) in [5.74, 6) is -6.52. The molecule has 4 aliphatic heterocycles. The summed E-state index contributed by atoms with van der Waals surface area (Å²) in [6.45, 7) is 21.6. The van der Waals surface area contributed by atoms with E-state index in [9.17, 15) is 72.2 Å². The molecule has 2 N–H and O–H groups in total. The number of rotatable bonds is 25. The van der Waals surface area contributed by atoms with Crippen LogP contribution in [-0.2, 0) is 139 Å². The number of phenols is 2. The second kappa shape index (κ2) is 48.9. The Morgan fingerprint density at radius 3 is 0.784 bits per heavy atom. The van der Waals surface area contributed by atoms with Crippen molar-refractivity contribution in [2.75, 3.05) is 26.4 Å². The summed E-state index contributed by atoms with van der Waals surface area (Å²) in [6.07, 6.45) is -11.0. The predicted octanol–water partition coefficient (Wildman–Crippen LogP) is 8.35. The Bertz CT molecular complexity index is 3890. The Hall–Kier alpha value is -10.3. The number of aldehydes is 2. The molecule has 8 rings (SSSR count). The van der Waals surface area contributed by atoms with Crippen LogP contribution >= 0.6 is 31.9 Å². The zero-order valence-electron chi connectivity index (χ0n) is 66.6. The van der Waals surface area contributed by atoms with Crippen LogP contribution in [-0.4, -0.2) is 218 Å². The largest absolute Gasteiger partial charge is 0.508 e. The van der Waals surface area contributed by atoms with Crippen LogP contribution in [0.1, 0.15) is 137 Å². The van der Waals surface area contributed by atoms with Gasteiger partial charge in [-0.3, -0.25) is 67.1 Å². The van der Waals surface area contributed by atoms with Crippen molar-refractivity contribution in [3.8, 4) is 28.7 Å². The molecule has 638 valence electrons. The number of alkyl halides is 2. The van der Waals surface area contributed by atoms with Gasteiger partial charge in [-0.2, -0.15) is 0 Å². The highest BCUT2D eigenvalue weighted by molar-refractivity contribution is 9.09. The average molecular weight is 1770 g/mol. The number of carbonyl (C=O) groups is 14. The van der Waals surface area contributed by atoms with Crippen molar-refractivity contribution in [1.82, 2.24) is 0 Å². The third kappa shape index (κ3) is 33.8. The summed E-state index contributed by atoms with van der Waals surface area (Å²) in [5, 5.41) is 18.3. The van der Waals surface area contributed by atoms with Gasteiger partial charge >= 0.3 is 71.6 Å². The molecule has 0 amide bonds. The quantitative estimate of drug-likeness (QED) is 0.0272. The Morgan fingerprint density at radius 2 is 0.534 bits per heavy atom. The summed E-state index contributed by atoms with van der Waals surface area (Å²) in [6, 6.07) is 25.6. The van der Waals surface area contributed by atoms with Gasteiger partial charge in [0.05, 0.1) is 0 Å². The molecule has 0 spiro atoms. The molecule has 0 saturated carbocycles. The van der Waals surface area contributed by atoms with E-state index in [-0.39, 0.29) is 43.8 Å². The molecule has 37 heteroatoms. The Labute approximate surface area is 685 Å². The molecule has 4 aliphatic rings. The van der Waals surface area contributed by atoms with Crippen molar-refractivity contribution in [3.05, 3.63) is 114 Å². The molecule has 8 unspecified atom stereocenters. The monoisotopic (exact) mass is 1760 g/mol. The Morgan fingerprint density at radius 1 is 0.319 bits per heavy atom. The number of benzene rings is 4. The lowest BCUT2D eigenvalue weighted by molar-refractivity contribution is -0.271. The van der Waals surface area contributed by atoms with Crippen LogP contribution in [0.2, 0.25) is 0 Å². The van der Waals surface area contributed by atoms with E-state index in [1.54, 1.807) is 76.2 Å². The molecule has 0 aromatic heterocycles. The van der Waals surface area contributed by atoms with Crippen LogP contribution in [0.15, 0.2) is 97.1 Å². The van der Waals surface area contributed by atoms with E-state index in [4.69, 9.17) is 95.1 Å². The number of phenolic OH excluding ortho intramolecular Hbond substituents is 2. The highest BCUT2D eigenvalue weighted by atomic mass is 79.9. The van der Waals surface area contributed by atoms with Gasteiger partial charge in [0, 0.05) is 123 Å². The maximum Gasteiger partial charge on any atom is 0.303 e. The third-order valence-corrected chi connectivity index (χ3v) is 18.2. The second-order valence-corrected chi connectivity index (χ2v) is 27.9. The van der Waals surface area contributed by atoms with Crippen LogP contribution in [0.4, 0.5) is 0 Å². The van der Waals surface area contributed by atoms with Crippen LogP contribution < -0.4 is 14.2 Å². The average Bonchev–Trinajstić information content (AvgIpc) is 0.797. The van der Waals surface area contributed by atoms with Gasteiger partial charge < -0.3 is 100 Å². The minimum absolute atomic E-state index is 0.0491. The number of ether oxygens (including phenoxy) is 19. The lowest BCUT2D eigenvalue weighted by atomic mass is 9.90. The molecule has 0 aliphatic carbocycles. The molecule has 4 aromatic carbocycles. The molecule has 0 bridgehead atoms. The van der Waals surface area contributed by atoms with Crippen LogP contribution in [0.25, 0.3) is 0 Å². The Kier molecular flexibility index (Phi) is 41.3. The van der Waals surface area contributed by atoms with Gasteiger partial charge in [-0.1, -0.05) is 71.7 Å². The predicted molar refractivity (Wildman–Crippen MR) is 406 cm³/mol. The first-order valence-corrected chi connectivity index (χ1v) is 38.1. The minimum Gasteiger partial charge on any atom is -0.508 e. The lowest BCUT2D eigenvalue weighted by Gasteiger charge is -2.43. The maximum atomic E-state index is 11.6. The number of halogens is 2. The van der Waals surface area contributed by atoms with Gasteiger partial charge in [-0.05, 0) is 90.5 Å². The standard InChI is InChI=1S/C20H25BrO8.C20H24O9.C19H24O9.C13H19BrO7.C7H6O2/c2*1-11-18(26-13(3)23)17(10-25-12(2)22)29-20(19(11)27-14(4)24)28-16-7-5-15(9-21)6-8-16;1-10-17(25-12(3)21)16(9-24-11(2)20)28-19(18(10)26-13(4)22)27-15-7-5-14(23)6-8-15;1-6-11(19-8(3)16)10(5-18-7(2)15)21-13(14)12(6)20-9(4)17;8-5-6-1-3-7(9)4-2-6/h5-8,11,17-20H,9-10H2,1-4H3;5-9,11,17-20H,10H2,1-4H3;5-8,10,16-19,23H,9H2,1-4H3;6,10-13H,5H2,1-4H3;1-5,9H/t2*11-,17?,18+,19?,20+;10-,16?,17+,18?,19+;6-,10?,11+,12?,13+;/m0000./s1. The van der Waals surface area contributed by atoms with E-state index in [0.717, 1.165) is 11.8 Å². The van der Waals surface area contributed by atoms with Gasteiger partial charge in [0.1, 0.15) is 128 Å². The third-order valence-electron chi connectivity index (χ3n) is 16.8. The van der Waals surface area contributed by atoms with Gasteiger partial charge in [-0.25, -0.2) is 0 Å². The van der Waals surface area contributed by atoms with Crippen molar-refractivity contribution in [3.63, 3.8) is 0 Å². The van der Waals surface area contributed by atoms with Gasteiger partial charge in [-0.15, -0.1) is 0 Å². The Balaban J connectivity index is 0.000000315. The van der Waals surface area contributed by atoms with Crippen molar-refractivity contribution in [1.29, 1.82) is 0 Å². The molecular formula is C79H98Br2O35. The number of aromatic hydroxyl groups is 2.